The van der Waals surface area contributed by atoms with Gasteiger partial charge in [-0.25, -0.2) is 0 Å². The Kier molecular flexibility index (Phi) is 11.9. The Balaban J connectivity index is 2.73. The van der Waals surface area contributed by atoms with E-state index in [-0.39, 0.29) is 0 Å². The van der Waals surface area contributed by atoms with Crippen molar-refractivity contribution in [3.8, 4) is 0 Å². The fourth-order valence-electron chi connectivity index (χ4n) is 1.29. The molecule has 0 aliphatic rings. The highest BCUT2D eigenvalue weighted by Gasteiger charge is 1.90. The van der Waals surface area contributed by atoms with Gasteiger partial charge < -0.3 is 3.83 Å². The summed E-state index contributed by atoms with van der Waals surface area (Å²) in [4.78, 5) is 0. The van der Waals surface area contributed by atoms with Crippen LogP contribution in [0.1, 0.15) is 58.3 Å². The lowest BCUT2D eigenvalue weighted by Crippen LogP contribution is -1.84. The molecule has 0 aromatic heterocycles. The first-order chi connectivity index (χ1) is 5.91. The van der Waals surface area contributed by atoms with Gasteiger partial charge in [0.15, 0.2) is 0 Å². The summed E-state index contributed by atoms with van der Waals surface area (Å²) < 4.78 is 4.80. The van der Waals surface area contributed by atoms with Crippen molar-refractivity contribution in [2.45, 2.75) is 58.3 Å². The molecule has 12 heavy (non-hydrogen) atoms. The molecule has 0 fully saturated rings. The molecule has 0 aromatic rings. The number of hydrogen-bond acceptors (Lipinski definition) is 1. The average molecular weight is 237 g/mol. The van der Waals surface area contributed by atoms with E-state index in [1.54, 1.807) is 0 Å². The summed E-state index contributed by atoms with van der Waals surface area (Å²) in [5.74, 6) is 0. The molecule has 0 saturated heterocycles. The van der Waals surface area contributed by atoms with Gasteiger partial charge in [0.05, 0.1) is 22.9 Å². The molecule has 74 valence electrons. The molecule has 0 radical (unpaired) electrons. The van der Waals surface area contributed by atoms with Crippen molar-refractivity contribution < 1.29 is 3.83 Å². The van der Waals surface area contributed by atoms with Gasteiger partial charge in [-0.3, -0.25) is 0 Å². The predicted molar refractivity (Wildman–Crippen MR) is 57.5 cm³/mol. The summed E-state index contributed by atoms with van der Waals surface area (Å²) >= 11 is 2.95. The molecule has 0 spiro atoms. The average Bonchev–Trinajstić information content (AvgIpc) is 2.10. The normalized spacial score (nSPS) is 10.5. The van der Waals surface area contributed by atoms with Gasteiger partial charge >= 0.3 is 0 Å². The molecule has 0 bridgehead atoms. The minimum atomic E-state index is 0.856. The van der Waals surface area contributed by atoms with Crippen LogP contribution in [0.3, 0.4) is 0 Å². The van der Waals surface area contributed by atoms with E-state index in [1.807, 2.05) is 0 Å². The smallest absolute Gasteiger partial charge is 0.0987 e. The van der Waals surface area contributed by atoms with E-state index in [2.05, 4.69) is 23.2 Å². The maximum Gasteiger partial charge on any atom is 0.0987 e. The van der Waals surface area contributed by atoms with E-state index in [9.17, 15) is 0 Å². The maximum atomic E-state index is 4.80. The number of hydrogen-bond donors (Lipinski definition) is 0. The van der Waals surface area contributed by atoms with Crippen molar-refractivity contribution in [1.82, 2.24) is 0 Å². The summed E-state index contributed by atoms with van der Waals surface area (Å²) in [6, 6.07) is 0. The zero-order valence-corrected chi connectivity index (χ0v) is 9.74. The van der Waals surface area contributed by atoms with Crippen molar-refractivity contribution >= 4 is 16.3 Å². The Labute approximate surface area is 85.3 Å². The van der Waals surface area contributed by atoms with Crippen LogP contribution in [0.25, 0.3) is 0 Å². The maximum absolute atomic E-state index is 4.80. The van der Waals surface area contributed by atoms with Crippen LogP contribution in [0.4, 0.5) is 0 Å². The predicted octanol–water partition coefficient (Wildman–Crippen LogP) is 4.45. The second kappa shape index (κ2) is 11.4. The van der Waals surface area contributed by atoms with Crippen molar-refractivity contribution in [2.75, 3.05) is 6.61 Å². The van der Waals surface area contributed by atoms with E-state index in [0.29, 0.717) is 0 Å². The molecule has 2 heteroatoms. The van der Waals surface area contributed by atoms with Gasteiger partial charge in [-0.05, 0) is 6.42 Å². The lowest BCUT2D eigenvalue weighted by molar-refractivity contribution is 0.374. The highest BCUT2D eigenvalue weighted by molar-refractivity contribution is 9.06. The number of halogens is 1. The monoisotopic (exact) mass is 236 g/mol. The molecule has 0 atom stereocenters. The molecule has 0 rings (SSSR count). The van der Waals surface area contributed by atoms with Gasteiger partial charge in [-0.2, -0.15) is 0 Å². The molecule has 0 saturated carbocycles. The zero-order chi connectivity index (χ0) is 9.07. The van der Waals surface area contributed by atoms with Crippen LogP contribution < -0.4 is 0 Å². The fourth-order valence-corrected chi connectivity index (χ4v) is 1.52. The summed E-state index contributed by atoms with van der Waals surface area (Å²) in [6.07, 6.45) is 10.9. The first-order valence-electron chi connectivity index (χ1n) is 5.15. The molecule has 0 amide bonds. The lowest BCUT2D eigenvalue weighted by Gasteiger charge is -1.99. The molecule has 0 aliphatic heterocycles. The molecule has 0 aromatic carbocycles. The van der Waals surface area contributed by atoms with Gasteiger partial charge in [-0.1, -0.05) is 51.9 Å². The van der Waals surface area contributed by atoms with Crippen molar-refractivity contribution in [2.24, 2.45) is 0 Å². The summed E-state index contributed by atoms with van der Waals surface area (Å²) in [5, 5.41) is 0. The molecule has 1 nitrogen and oxygen atoms in total. The number of unbranched alkanes of at least 4 members (excludes halogenated alkanes) is 7. The van der Waals surface area contributed by atoms with E-state index < -0.39 is 0 Å². The Morgan fingerprint density at radius 2 is 1.33 bits per heavy atom. The minimum Gasteiger partial charge on any atom is -0.308 e. The van der Waals surface area contributed by atoms with E-state index in [0.717, 1.165) is 6.61 Å². The Morgan fingerprint density at radius 3 is 1.83 bits per heavy atom. The van der Waals surface area contributed by atoms with Crippen LogP contribution in [0.2, 0.25) is 0 Å². The van der Waals surface area contributed by atoms with E-state index in [4.69, 9.17) is 3.83 Å². The van der Waals surface area contributed by atoms with Crippen molar-refractivity contribution in [1.29, 1.82) is 0 Å². The Hall–Kier alpha value is 0.440. The van der Waals surface area contributed by atoms with Crippen LogP contribution in [0, 0.1) is 0 Å². The van der Waals surface area contributed by atoms with Crippen LogP contribution in [0.5, 0.6) is 0 Å². The minimum absolute atomic E-state index is 0.856. The topological polar surface area (TPSA) is 9.23 Å². The van der Waals surface area contributed by atoms with Crippen molar-refractivity contribution in [3.63, 3.8) is 0 Å². The third-order valence-corrected chi connectivity index (χ3v) is 2.40. The highest BCUT2D eigenvalue weighted by atomic mass is 79.9. The third-order valence-electron chi connectivity index (χ3n) is 2.08. The zero-order valence-electron chi connectivity index (χ0n) is 8.15. The van der Waals surface area contributed by atoms with Crippen molar-refractivity contribution in [3.05, 3.63) is 0 Å². The molecular weight excluding hydrogens is 216 g/mol. The molecule has 0 unspecified atom stereocenters. The van der Waals surface area contributed by atoms with Crippen LogP contribution >= 0.6 is 16.3 Å². The standard InChI is InChI=1S/C10H21BrO/c1-2-3-4-5-6-7-8-9-10-12-11/h2-10H2,1H3. The quantitative estimate of drug-likeness (QED) is 0.538. The van der Waals surface area contributed by atoms with Gasteiger partial charge in [0.1, 0.15) is 0 Å². The highest BCUT2D eigenvalue weighted by Crippen LogP contribution is 2.08. The van der Waals surface area contributed by atoms with Crippen LogP contribution in [-0.4, -0.2) is 6.61 Å². The summed E-state index contributed by atoms with van der Waals surface area (Å²) in [6.45, 7) is 3.11. The lowest BCUT2D eigenvalue weighted by atomic mass is 10.1. The molecule has 0 aliphatic carbocycles. The fraction of sp³-hybridized carbons (Fsp3) is 1.00. The molecular formula is C10H21BrO. The first kappa shape index (κ1) is 12.4. The SMILES string of the molecule is CCCCCCCCCCOBr. The van der Waals surface area contributed by atoms with E-state index >= 15 is 0 Å². The number of rotatable bonds is 9. The van der Waals surface area contributed by atoms with Gasteiger partial charge in [-0.15, -0.1) is 0 Å². The van der Waals surface area contributed by atoms with Gasteiger partial charge in [0.2, 0.25) is 0 Å². The van der Waals surface area contributed by atoms with E-state index in [1.165, 1.54) is 51.4 Å². The Bertz CT molecular complexity index is 66.2. The Morgan fingerprint density at radius 1 is 0.833 bits per heavy atom. The molecule has 0 heterocycles. The second-order valence-corrected chi connectivity index (χ2v) is 3.75. The third kappa shape index (κ3) is 10.4. The summed E-state index contributed by atoms with van der Waals surface area (Å²) in [5.41, 5.74) is 0. The van der Waals surface area contributed by atoms with Crippen LogP contribution in [0.15, 0.2) is 0 Å². The molecule has 0 N–H and O–H groups in total. The largest absolute Gasteiger partial charge is 0.308 e. The summed E-state index contributed by atoms with van der Waals surface area (Å²) in [7, 11) is 0. The van der Waals surface area contributed by atoms with Crippen LogP contribution in [-0.2, 0) is 3.83 Å². The first-order valence-corrected chi connectivity index (χ1v) is 5.80. The van der Waals surface area contributed by atoms with Gasteiger partial charge in [0.25, 0.3) is 0 Å². The second-order valence-electron chi connectivity index (χ2n) is 3.29. The van der Waals surface area contributed by atoms with Gasteiger partial charge in [0, 0.05) is 0 Å².